The molecule has 0 fully saturated rings. The molecule has 31 heavy (non-hydrogen) atoms. The van der Waals surface area contributed by atoms with Crippen LogP contribution in [-0.4, -0.2) is 40.1 Å². The van der Waals surface area contributed by atoms with Crippen molar-refractivity contribution in [1.29, 1.82) is 0 Å². The van der Waals surface area contributed by atoms with Gasteiger partial charge in [0.25, 0.3) is 0 Å². The predicted molar refractivity (Wildman–Crippen MR) is 119 cm³/mol. The molecular formula is C23H21N3O4S. The number of ether oxygens (including phenoxy) is 1. The van der Waals surface area contributed by atoms with Crippen molar-refractivity contribution in [2.24, 2.45) is 0 Å². The summed E-state index contributed by atoms with van der Waals surface area (Å²) in [5.74, 6) is -0.690. The van der Waals surface area contributed by atoms with Crippen LogP contribution in [0, 0.1) is 0 Å². The van der Waals surface area contributed by atoms with Crippen molar-refractivity contribution in [2.75, 3.05) is 7.11 Å². The molecule has 0 aliphatic heterocycles. The number of rotatable bonds is 8. The lowest BCUT2D eigenvalue weighted by Gasteiger charge is -2.14. The summed E-state index contributed by atoms with van der Waals surface area (Å²) in [5, 5.41) is 15.8. The van der Waals surface area contributed by atoms with Crippen molar-refractivity contribution in [3.8, 4) is 16.3 Å². The Kier molecular flexibility index (Phi) is 5.99. The van der Waals surface area contributed by atoms with Gasteiger partial charge >= 0.3 is 5.97 Å². The van der Waals surface area contributed by atoms with Crippen LogP contribution in [0.1, 0.15) is 11.3 Å². The fraction of sp³-hybridized carbons (Fsp3) is 0.174. The number of carbonyl (C=O) groups excluding carboxylic acids is 1. The van der Waals surface area contributed by atoms with Gasteiger partial charge in [-0.25, -0.2) is 9.78 Å². The summed E-state index contributed by atoms with van der Waals surface area (Å²) < 4.78 is 5.16. The highest BCUT2D eigenvalue weighted by atomic mass is 32.1. The molecule has 0 spiro atoms. The maximum atomic E-state index is 12.5. The van der Waals surface area contributed by atoms with Crippen LogP contribution in [0.5, 0.6) is 5.75 Å². The number of carbonyl (C=O) groups is 2. The maximum absolute atomic E-state index is 12.5. The molecule has 158 valence electrons. The van der Waals surface area contributed by atoms with Crippen LogP contribution in [0.25, 0.3) is 21.5 Å². The van der Waals surface area contributed by atoms with Crippen molar-refractivity contribution in [3.63, 3.8) is 0 Å². The minimum absolute atomic E-state index is 0.0182. The van der Waals surface area contributed by atoms with E-state index in [1.165, 1.54) is 11.3 Å². The molecule has 1 atom stereocenters. The Bertz CT molecular complexity index is 1210. The number of carboxylic acids is 1. The summed E-state index contributed by atoms with van der Waals surface area (Å²) in [6.45, 7) is 0. The summed E-state index contributed by atoms with van der Waals surface area (Å²) >= 11 is 1.44. The normalized spacial score (nSPS) is 11.9. The quantitative estimate of drug-likeness (QED) is 0.392. The number of hydrogen-bond acceptors (Lipinski definition) is 5. The third kappa shape index (κ3) is 4.75. The van der Waals surface area contributed by atoms with Crippen LogP contribution in [0.3, 0.4) is 0 Å². The molecule has 7 nitrogen and oxygen atoms in total. The Balaban J connectivity index is 1.41. The van der Waals surface area contributed by atoms with E-state index >= 15 is 0 Å². The molecule has 0 saturated heterocycles. The van der Waals surface area contributed by atoms with E-state index in [1.54, 1.807) is 13.3 Å². The Morgan fingerprint density at radius 2 is 1.97 bits per heavy atom. The van der Waals surface area contributed by atoms with Crippen LogP contribution in [0.4, 0.5) is 0 Å². The molecule has 0 radical (unpaired) electrons. The van der Waals surface area contributed by atoms with Gasteiger partial charge in [-0.15, -0.1) is 11.3 Å². The summed E-state index contributed by atoms with van der Waals surface area (Å²) in [5.41, 5.74) is 3.31. The maximum Gasteiger partial charge on any atom is 0.326 e. The van der Waals surface area contributed by atoms with E-state index in [9.17, 15) is 14.7 Å². The van der Waals surface area contributed by atoms with Crippen molar-refractivity contribution < 1.29 is 19.4 Å². The molecule has 3 N–H and O–H groups in total. The number of thiazole rings is 1. The Hall–Kier alpha value is -3.65. The zero-order chi connectivity index (χ0) is 21.8. The second-order valence-electron chi connectivity index (χ2n) is 7.07. The number of aliphatic carboxylic acids is 1. The minimum Gasteiger partial charge on any atom is -0.497 e. The number of aromatic amines is 1. The first kappa shape index (κ1) is 20.6. The van der Waals surface area contributed by atoms with E-state index in [0.717, 1.165) is 32.8 Å². The predicted octanol–water partition coefficient (Wildman–Crippen LogP) is 3.65. The van der Waals surface area contributed by atoms with Gasteiger partial charge in [0.2, 0.25) is 5.91 Å². The van der Waals surface area contributed by atoms with Gasteiger partial charge in [-0.3, -0.25) is 4.79 Å². The SMILES string of the molecule is COc1ccc(-c2nc(CC(=O)NC(Cc3c[nH]c4ccccc34)C(=O)O)cs2)cc1. The minimum atomic E-state index is -1.07. The van der Waals surface area contributed by atoms with E-state index in [-0.39, 0.29) is 18.7 Å². The van der Waals surface area contributed by atoms with Gasteiger partial charge in [0.05, 0.1) is 19.2 Å². The highest BCUT2D eigenvalue weighted by molar-refractivity contribution is 7.13. The number of nitrogens with zero attached hydrogens (tertiary/aromatic N) is 1. The first-order valence-corrected chi connectivity index (χ1v) is 10.6. The van der Waals surface area contributed by atoms with Gasteiger partial charge in [-0.05, 0) is 35.9 Å². The fourth-order valence-electron chi connectivity index (χ4n) is 3.38. The largest absolute Gasteiger partial charge is 0.497 e. The molecule has 0 bridgehead atoms. The van der Waals surface area contributed by atoms with Crippen LogP contribution < -0.4 is 10.1 Å². The van der Waals surface area contributed by atoms with Gasteiger partial charge in [-0.2, -0.15) is 0 Å². The second kappa shape index (κ2) is 9.01. The zero-order valence-electron chi connectivity index (χ0n) is 16.8. The van der Waals surface area contributed by atoms with E-state index in [0.29, 0.717) is 5.69 Å². The summed E-state index contributed by atoms with van der Waals surface area (Å²) in [6.07, 6.45) is 2.00. The highest BCUT2D eigenvalue weighted by Crippen LogP contribution is 2.26. The molecular weight excluding hydrogens is 414 g/mol. The number of hydrogen-bond donors (Lipinski definition) is 3. The van der Waals surface area contributed by atoms with Crippen molar-refractivity contribution >= 4 is 34.1 Å². The summed E-state index contributed by atoms with van der Waals surface area (Å²) in [4.78, 5) is 31.9. The number of benzene rings is 2. The number of aromatic nitrogens is 2. The molecule has 1 amide bonds. The van der Waals surface area contributed by atoms with Gasteiger partial charge in [0.15, 0.2) is 0 Å². The number of amides is 1. The molecule has 0 saturated carbocycles. The van der Waals surface area contributed by atoms with Crippen LogP contribution >= 0.6 is 11.3 Å². The van der Waals surface area contributed by atoms with E-state index in [4.69, 9.17) is 4.74 Å². The first-order valence-electron chi connectivity index (χ1n) is 9.69. The Morgan fingerprint density at radius 1 is 1.19 bits per heavy atom. The molecule has 4 rings (SSSR count). The van der Waals surface area contributed by atoms with Crippen molar-refractivity contribution in [3.05, 3.63) is 71.4 Å². The third-order valence-corrected chi connectivity index (χ3v) is 5.90. The molecule has 1 unspecified atom stereocenters. The smallest absolute Gasteiger partial charge is 0.326 e. The molecule has 4 aromatic rings. The third-order valence-electron chi connectivity index (χ3n) is 4.96. The summed E-state index contributed by atoms with van der Waals surface area (Å²) in [6, 6.07) is 14.2. The van der Waals surface area contributed by atoms with Gasteiger partial charge < -0.3 is 20.1 Å². The van der Waals surface area contributed by atoms with Crippen molar-refractivity contribution in [2.45, 2.75) is 18.9 Å². The molecule has 2 aromatic heterocycles. The molecule has 2 aromatic carbocycles. The first-order chi connectivity index (χ1) is 15.0. The topological polar surface area (TPSA) is 104 Å². The fourth-order valence-corrected chi connectivity index (χ4v) is 4.21. The molecule has 0 aliphatic rings. The zero-order valence-corrected chi connectivity index (χ0v) is 17.6. The highest BCUT2D eigenvalue weighted by Gasteiger charge is 2.22. The van der Waals surface area contributed by atoms with E-state index in [1.807, 2.05) is 53.9 Å². The van der Waals surface area contributed by atoms with E-state index in [2.05, 4.69) is 15.3 Å². The average molecular weight is 436 g/mol. The van der Waals surface area contributed by atoms with Crippen LogP contribution in [0.15, 0.2) is 60.1 Å². The lowest BCUT2D eigenvalue weighted by Crippen LogP contribution is -2.43. The number of methoxy groups -OCH3 is 1. The monoisotopic (exact) mass is 435 g/mol. The lowest BCUT2D eigenvalue weighted by molar-refractivity contribution is -0.141. The van der Waals surface area contributed by atoms with E-state index < -0.39 is 12.0 Å². The Morgan fingerprint density at radius 3 is 2.71 bits per heavy atom. The number of carboxylic acid groups (broad SMARTS) is 1. The number of H-pyrrole nitrogens is 1. The van der Waals surface area contributed by atoms with Gasteiger partial charge in [-0.1, -0.05) is 18.2 Å². The van der Waals surface area contributed by atoms with Crippen LogP contribution in [0.2, 0.25) is 0 Å². The number of nitrogens with one attached hydrogen (secondary N) is 2. The standard InChI is InChI=1S/C23H21N3O4S/c1-30-17-8-6-14(7-9-17)22-25-16(13-31-22)11-21(27)26-20(23(28)29)10-15-12-24-19-5-3-2-4-18(15)19/h2-9,12-13,20,24H,10-11H2,1H3,(H,26,27)(H,28,29). The molecule has 8 heteroatoms. The molecule has 0 aliphatic carbocycles. The second-order valence-corrected chi connectivity index (χ2v) is 7.93. The Labute approximate surface area is 182 Å². The summed E-state index contributed by atoms with van der Waals surface area (Å²) in [7, 11) is 1.61. The lowest BCUT2D eigenvalue weighted by atomic mass is 10.0. The number of fused-ring (bicyclic) bond motifs is 1. The van der Waals surface area contributed by atoms with Crippen molar-refractivity contribution in [1.82, 2.24) is 15.3 Å². The average Bonchev–Trinajstić information content (AvgIpc) is 3.40. The molecule has 2 heterocycles. The number of para-hydroxylation sites is 1. The van der Waals surface area contributed by atoms with Crippen LogP contribution in [-0.2, 0) is 22.4 Å². The van der Waals surface area contributed by atoms with Gasteiger partial charge in [0.1, 0.15) is 16.8 Å². The van der Waals surface area contributed by atoms with Gasteiger partial charge in [0, 0.05) is 34.5 Å².